The van der Waals surface area contributed by atoms with E-state index in [2.05, 4.69) is 5.32 Å². The summed E-state index contributed by atoms with van der Waals surface area (Å²) in [7, 11) is 0. The second kappa shape index (κ2) is 4.44. The van der Waals surface area contributed by atoms with E-state index in [0.717, 1.165) is 11.1 Å². The maximum absolute atomic E-state index is 11.2. The van der Waals surface area contributed by atoms with Crippen LogP contribution < -0.4 is 5.32 Å². The first-order valence-corrected chi connectivity index (χ1v) is 5.80. The topological polar surface area (TPSA) is 49.3 Å². The summed E-state index contributed by atoms with van der Waals surface area (Å²) in [6, 6.07) is 3.65. The Hall–Kier alpha value is -1.06. The third-order valence-corrected chi connectivity index (χ3v) is 3.15. The molecule has 2 rings (SSSR count). The third kappa shape index (κ3) is 2.06. The predicted octanol–water partition coefficient (Wildman–Crippen LogP) is 2.67. The molecule has 0 aliphatic carbocycles. The molecule has 0 saturated heterocycles. The normalized spacial score (nSPS) is 16.6. The Kier molecular flexibility index (Phi) is 3.17. The average Bonchev–Trinajstić information content (AvgIpc) is 2.28. The van der Waals surface area contributed by atoms with E-state index in [1.807, 2.05) is 13.0 Å². The lowest BCUT2D eigenvalue weighted by atomic mass is 9.97. The van der Waals surface area contributed by atoms with Crippen LogP contribution >= 0.6 is 11.6 Å². The Morgan fingerprint density at radius 2 is 2.25 bits per heavy atom. The Labute approximate surface area is 99.4 Å². The number of aliphatic hydroxyl groups excluding tert-OH is 1. The molecule has 0 fully saturated rings. The van der Waals surface area contributed by atoms with Crippen molar-refractivity contribution in [2.45, 2.75) is 32.3 Å². The SMILES string of the molecule is CCC(O)c1cc(Cl)c2c(c1)CCC(=O)N2. The number of carbonyl (C=O) groups is 1. The monoisotopic (exact) mass is 239 g/mol. The summed E-state index contributed by atoms with van der Waals surface area (Å²) in [5, 5.41) is 13.0. The summed E-state index contributed by atoms with van der Waals surface area (Å²) in [5.41, 5.74) is 2.53. The average molecular weight is 240 g/mol. The number of rotatable bonds is 2. The number of hydrogen-bond acceptors (Lipinski definition) is 2. The number of fused-ring (bicyclic) bond motifs is 1. The molecule has 1 aromatic carbocycles. The standard InChI is InChI=1S/C12H14ClNO2/c1-2-10(15)8-5-7-3-4-11(16)14-12(7)9(13)6-8/h5-6,10,15H,2-4H2,1H3,(H,14,16). The fourth-order valence-corrected chi connectivity index (χ4v) is 2.20. The molecule has 0 bridgehead atoms. The van der Waals surface area contributed by atoms with Gasteiger partial charge in [-0.25, -0.2) is 0 Å². The van der Waals surface area contributed by atoms with Crippen molar-refractivity contribution in [3.8, 4) is 0 Å². The number of benzene rings is 1. The first-order valence-electron chi connectivity index (χ1n) is 5.42. The van der Waals surface area contributed by atoms with Crippen LogP contribution in [0, 0.1) is 0 Å². The maximum atomic E-state index is 11.2. The van der Waals surface area contributed by atoms with Gasteiger partial charge in [-0.15, -0.1) is 0 Å². The van der Waals surface area contributed by atoms with Crippen LogP contribution in [0.3, 0.4) is 0 Å². The van der Waals surface area contributed by atoms with Crippen LogP contribution in [0.4, 0.5) is 5.69 Å². The molecule has 0 saturated carbocycles. The van der Waals surface area contributed by atoms with Crippen LogP contribution in [0.15, 0.2) is 12.1 Å². The minimum absolute atomic E-state index is 0.00168. The van der Waals surface area contributed by atoms with E-state index in [0.29, 0.717) is 30.0 Å². The second-order valence-corrected chi connectivity index (χ2v) is 4.42. The molecular formula is C12H14ClNO2. The predicted molar refractivity (Wildman–Crippen MR) is 63.7 cm³/mol. The van der Waals surface area contributed by atoms with Crippen LogP contribution in [-0.4, -0.2) is 11.0 Å². The fourth-order valence-electron chi connectivity index (χ4n) is 1.90. The molecule has 1 heterocycles. The summed E-state index contributed by atoms with van der Waals surface area (Å²) in [6.07, 6.45) is 1.34. The minimum atomic E-state index is -0.486. The van der Waals surface area contributed by atoms with Crippen molar-refractivity contribution in [2.75, 3.05) is 5.32 Å². The van der Waals surface area contributed by atoms with E-state index >= 15 is 0 Å². The van der Waals surface area contributed by atoms with Crippen LogP contribution in [-0.2, 0) is 11.2 Å². The van der Waals surface area contributed by atoms with Crippen molar-refractivity contribution in [3.63, 3.8) is 0 Å². The lowest BCUT2D eigenvalue weighted by Crippen LogP contribution is -2.19. The molecule has 4 heteroatoms. The quantitative estimate of drug-likeness (QED) is 0.834. The number of nitrogens with one attached hydrogen (secondary N) is 1. The van der Waals surface area contributed by atoms with Crippen LogP contribution in [0.5, 0.6) is 0 Å². The van der Waals surface area contributed by atoms with Gasteiger partial charge >= 0.3 is 0 Å². The van der Waals surface area contributed by atoms with Gasteiger partial charge in [0, 0.05) is 6.42 Å². The van der Waals surface area contributed by atoms with Crippen LogP contribution in [0.25, 0.3) is 0 Å². The van der Waals surface area contributed by atoms with Gasteiger partial charge < -0.3 is 10.4 Å². The molecule has 1 amide bonds. The van der Waals surface area contributed by atoms with E-state index in [-0.39, 0.29) is 5.91 Å². The highest BCUT2D eigenvalue weighted by Crippen LogP contribution is 2.34. The molecule has 0 spiro atoms. The molecule has 16 heavy (non-hydrogen) atoms. The summed E-state index contributed by atoms with van der Waals surface area (Å²) in [4.78, 5) is 11.2. The van der Waals surface area contributed by atoms with Crippen LogP contribution in [0.1, 0.15) is 37.0 Å². The summed E-state index contributed by atoms with van der Waals surface area (Å²) in [6.45, 7) is 1.92. The van der Waals surface area contributed by atoms with Crippen molar-refractivity contribution < 1.29 is 9.90 Å². The number of hydrogen-bond donors (Lipinski definition) is 2. The number of aryl methyl sites for hydroxylation is 1. The van der Waals surface area contributed by atoms with Gasteiger partial charge in [-0.05, 0) is 30.0 Å². The smallest absolute Gasteiger partial charge is 0.224 e. The van der Waals surface area contributed by atoms with Gasteiger partial charge in [-0.1, -0.05) is 24.6 Å². The lowest BCUT2D eigenvalue weighted by molar-refractivity contribution is -0.116. The number of aliphatic hydroxyl groups is 1. The molecule has 1 aliphatic heterocycles. The highest BCUT2D eigenvalue weighted by Gasteiger charge is 2.19. The van der Waals surface area contributed by atoms with Gasteiger partial charge in [0.15, 0.2) is 0 Å². The summed E-state index contributed by atoms with van der Waals surface area (Å²) < 4.78 is 0. The fraction of sp³-hybridized carbons (Fsp3) is 0.417. The van der Waals surface area contributed by atoms with Gasteiger partial charge in [0.25, 0.3) is 0 Å². The zero-order chi connectivity index (χ0) is 11.7. The Balaban J connectivity index is 2.42. The highest BCUT2D eigenvalue weighted by atomic mass is 35.5. The van der Waals surface area contributed by atoms with E-state index in [9.17, 15) is 9.90 Å². The van der Waals surface area contributed by atoms with Crippen molar-refractivity contribution in [1.29, 1.82) is 0 Å². The lowest BCUT2D eigenvalue weighted by Gasteiger charge is -2.20. The largest absolute Gasteiger partial charge is 0.388 e. The molecule has 1 atom stereocenters. The molecule has 0 aromatic heterocycles. The van der Waals surface area contributed by atoms with E-state index < -0.39 is 6.10 Å². The molecule has 1 aliphatic rings. The van der Waals surface area contributed by atoms with Crippen LogP contribution in [0.2, 0.25) is 5.02 Å². The molecule has 0 radical (unpaired) electrons. The summed E-state index contributed by atoms with van der Waals surface area (Å²) >= 11 is 6.09. The zero-order valence-electron chi connectivity index (χ0n) is 9.09. The van der Waals surface area contributed by atoms with Gasteiger partial charge in [0.2, 0.25) is 5.91 Å². The van der Waals surface area contributed by atoms with E-state index in [4.69, 9.17) is 11.6 Å². The zero-order valence-corrected chi connectivity index (χ0v) is 9.84. The third-order valence-electron chi connectivity index (χ3n) is 2.85. The van der Waals surface area contributed by atoms with Gasteiger partial charge in [-0.2, -0.15) is 0 Å². The minimum Gasteiger partial charge on any atom is -0.388 e. The number of halogens is 1. The van der Waals surface area contributed by atoms with Crippen molar-refractivity contribution in [1.82, 2.24) is 0 Å². The molecular weight excluding hydrogens is 226 g/mol. The van der Waals surface area contributed by atoms with Gasteiger partial charge in [0.1, 0.15) is 0 Å². The summed E-state index contributed by atoms with van der Waals surface area (Å²) in [5.74, 6) is -0.00168. The molecule has 3 nitrogen and oxygen atoms in total. The van der Waals surface area contributed by atoms with Gasteiger partial charge in [-0.3, -0.25) is 4.79 Å². The second-order valence-electron chi connectivity index (χ2n) is 4.01. The Bertz CT molecular complexity index is 431. The molecule has 2 N–H and O–H groups in total. The highest BCUT2D eigenvalue weighted by molar-refractivity contribution is 6.34. The first kappa shape index (κ1) is 11.4. The molecule has 1 aromatic rings. The Morgan fingerprint density at radius 1 is 1.50 bits per heavy atom. The van der Waals surface area contributed by atoms with Gasteiger partial charge in [0.05, 0.1) is 16.8 Å². The van der Waals surface area contributed by atoms with Crippen molar-refractivity contribution >= 4 is 23.2 Å². The van der Waals surface area contributed by atoms with E-state index in [1.54, 1.807) is 6.07 Å². The van der Waals surface area contributed by atoms with Crippen molar-refractivity contribution in [2.24, 2.45) is 0 Å². The van der Waals surface area contributed by atoms with E-state index in [1.165, 1.54) is 0 Å². The molecule has 1 unspecified atom stereocenters. The Morgan fingerprint density at radius 3 is 2.94 bits per heavy atom. The number of amides is 1. The number of anilines is 1. The van der Waals surface area contributed by atoms with Crippen molar-refractivity contribution in [3.05, 3.63) is 28.3 Å². The number of carbonyl (C=O) groups excluding carboxylic acids is 1. The first-order chi connectivity index (χ1) is 7.61. The maximum Gasteiger partial charge on any atom is 0.224 e. The molecule has 86 valence electrons.